The third-order valence-electron chi connectivity index (χ3n) is 3.22. The van der Waals surface area contributed by atoms with E-state index in [1.54, 1.807) is 12.1 Å². The second-order valence-electron chi connectivity index (χ2n) is 4.86. The molecular formula is C15H19FN2OS. The van der Waals surface area contributed by atoms with Crippen LogP contribution in [0, 0.1) is 19.7 Å². The highest BCUT2D eigenvalue weighted by Crippen LogP contribution is 2.30. The molecule has 1 unspecified atom stereocenters. The highest BCUT2D eigenvalue weighted by Gasteiger charge is 2.12. The Morgan fingerprint density at radius 1 is 1.40 bits per heavy atom. The van der Waals surface area contributed by atoms with Crippen molar-refractivity contribution in [3.05, 3.63) is 41.0 Å². The van der Waals surface area contributed by atoms with Crippen molar-refractivity contribution in [1.82, 2.24) is 4.98 Å². The van der Waals surface area contributed by atoms with Crippen molar-refractivity contribution in [1.29, 1.82) is 0 Å². The number of hydrogen-bond acceptors (Lipinski definition) is 4. The maximum atomic E-state index is 14.1. The van der Waals surface area contributed by atoms with Gasteiger partial charge in [-0.2, -0.15) is 0 Å². The van der Waals surface area contributed by atoms with Crippen molar-refractivity contribution in [3.8, 4) is 0 Å². The summed E-state index contributed by atoms with van der Waals surface area (Å²) < 4.78 is 19.5. The Morgan fingerprint density at radius 2 is 2.15 bits per heavy atom. The van der Waals surface area contributed by atoms with E-state index in [1.807, 2.05) is 26.8 Å². The fourth-order valence-electron chi connectivity index (χ4n) is 1.78. The summed E-state index contributed by atoms with van der Waals surface area (Å²) in [6.07, 6.45) is 1.57. The lowest BCUT2D eigenvalue weighted by Crippen LogP contribution is -2.21. The molecule has 0 radical (unpaired) electrons. The normalized spacial score (nSPS) is 12.7. The molecule has 0 amide bonds. The summed E-state index contributed by atoms with van der Waals surface area (Å²) in [6, 6.07) is 5.28. The summed E-state index contributed by atoms with van der Waals surface area (Å²) >= 11 is 1.20. The number of aryl methyl sites for hydroxylation is 2. The van der Waals surface area contributed by atoms with Crippen LogP contribution in [0.25, 0.3) is 0 Å². The molecule has 0 saturated carbocycles. The third kappa shape index (κ3) is 3.61. The highest BCUT2D eigenvalue weighted by molar-refractivity contribution is 7.99. The minimum Gasteiger partial charge on any atom is -0.436 e. The van der Waals surface area contributed by atoms with Crippen LogP contribution < -0.4 is 5.73 Å². The molecule has 2 N–H and O–H groups in total. The zero-order chi connectivity index (χ0) is 14.7. The highest BCUT2D eigenvalue weighted by atomic mass is 32.2. The lowest BCUT2D eigenvalue weighted by atomic mass is 10.0. The minimum atomic E-state index is -0.260. The van der Waals surface area contributed by atoms with E-state index in [-0.39, 0.29) is 11.9 Å². The average Bonchev–Trinajstić information content (AvgIpc) is 2.71. The second kappa shape index (κ2) is 6.41. The monoisotopic (exact) mass is 294 g/mol. The van der Waals surface area contributed by atoms with E-state index in [4.69, 9.17) is 10.2 Å². The van der Waals surface area contributed by atoms with E-state index in [2.05, 4.69) is 4.98 Å². The van der Waals surface area contributed by atoms with Crippen LogP contribution in [-0.4, -0.2) is 11.0 Å². The van der Waals surface area contributed by atoms with Gasteiger partial charge in [0.25, 0.3) is 5.22 Å². The van der Waals surface area contributed by atoms with Crippen LogP contribution in [0.3, 0.4) is 0 Å². The van der Waals surface area contributed by atoms with Crippen LogP contribution >= 0.6 is 11.8 Å². The number of aromatic nitrogens is 1. The maximum Gasteiger partial charge on any atom is 0.261 e. The minimum absolute atomic E-state index is 0.0740. The molecule has 1 aromatic heterocycles. The summed E-state index contributed by atoms with van der Waals surface area (Å²) in [5, 5.41) is 0.469. The fraction of sp³-hybridized carbons (Fsp3) is 0.400. The van der Waals surface area contributed by atoms with Gasteiger partial charge in [-0.05, 0) is 56.1 Å². The third-order valence-corrected chi connectivity index (χ3v) is 4.12. The van der Waals surface area contributed by atoms with Gasteiger partial charge in [0.2, 0.25) is 0 Å². The summed E-state index contributed by atoms with van der Waals surface area (Å²) in [5.74, 6) is 0.503. The van der Waals surface area contributed by atoms with Gasteiger partial charge in [-0.3, -0.25) is 0 Å². The van der Waals surface area contributed by atoms with Crippen LogP contribution in [0.2, 0.25) is 0 Å². The quantitative estimate of drug-likeness (QED) is 0.909. The van der Waals surface area contributed by atoms with Crippen molar-refractivity contribution in [3.63, 3.8) is 0 Å². The van der Waals surface area contributed by atoms with Gasteiger partial charge in [0.05, 0.1) is 10.6 Å². The molecule has 0 spiro atoms. The fourth-order valence-corrected chi connectivity index (χ4v) is 2.61. The van der Waals surface area contributed by atoms with Crippen molar-refractivity contribution in [2.75, 3.05) is 0 Å². The molecule has 0 aliphatic heterocycles. The topological polar surface area (TPSA) is 52.0 Å². The van der Waals surface area contributed by atoms with E-state index in [9.17, 15) is 4.39 Å². The Kier molecular flexibility index (Phi) is 4.83. The molecule has 1 atom stereocenters. The molecule has 20 heavy (non-hydrogen) atoms. The number of rotatable bonds is 5. The Balaban J connectivity index is 2.13. The Labute approximate surface area is 122 Å². The van der Waals surface area contributed by atoms with Crippen LogP contribution in [0.1, 0.15) is 30.4 Å². The van der Waals surface area contributed by atoms with Gasteiger partial charge in [0, 0.05) is 6.04 Å². The first-order valence-corrected chi connectivity index (χ1v) is 7.47. The Hall–Kier alpha value is -1.33. The number of halogens is 1. The number of nitrogens with zero attached hydrogens (tertiary/aromatic N) is 1. The smallest absolute Gasteiger partial charge is 0.261 e. The van der Waals surface area contributed by atoms with Crippen molar-refractivity contribution < 1.29 is 8.81 Å². The van der Waals surface area contributed by atoms with Crippen molar-refractivity contribution in [2.24, 2.45) is 5.73 Å². The largest absolute Gasteiger partial charge is 0.436 e. The summed E-state index contributed by atoms with van der Waals surface area (Å²) in [5.41, 5.74) is 7.63. The summed E-state index contributed by atoms with van der Waals surface area (Å²) in [6.45, 7) is 5.74. The first-order valence-electron chi connectivity index (χ1n) is 6.65. The standard InChI is InChI=1S/C15H19FN2OS/c1-4-12(17)7-11-5-6-14(13(16)8-11)20-15-18-9(2)10(3)19-15/h5-6,8,12H,4,7,17H2,1-3H3. The molecule has 0 saturated heterocycles. The number of nitrogens with two attached hydrogens (primary N) is 1. The molecule has 3 nitrogen and oxygen atoms in total. The first-order chi connectivity index (χ1) is 9.49. The van der Waals surface area contributed by atoms with Gasteiger partial charge < -0.3 is 10.2 Å². The molecule has 5 heteroatoms. The van der Waals surface area contributed by atoms with Crippen LogP contribution in [0.4, 0.5) is 4.39 Å². The second-order valence-corrected chi connectivity index (χ2v) is 5.85. The molecule has 0 aliphatic carbocycles. The first kappa shape index (κ1) is 15.1. The molecule has 0 bridgehead atoms. The molecule has 2 rings (SSSR count). The Morgan fingerprint density at radius 3 is 2.70 bits per heavy atom. The summed E-state index contributed by atoms with van der Waals surface area (Å²) in [7, 11) is 0. The van der Waals surface area contributed by atoms with Gasteiger partial charge in [-0.15, -0.1) is 0 Å². The summed E-state index contributed by atoms with van der Waals surface area (Å²) in [4.78, 5) is 4.75. The molecule has 108 valence electrons. The number of benzene rings is 1. The molecule has 1 heterocycles. The van der Waals surface area contributed by atoms with Crippen LogP contribution in [0.5, 0.6) is 0 Å². The van der Waals surface area contributed by atoms with E-state index >= 15 is 0 Å². The van der Waals surface area contributed by atoms with Crippen molar-refractivity contribution >= 4 is 11.8 Å². The maximum absolute atomic E-state index is 14.1. The lowest BCUT2D eigenvalue weighted by Gasteiger charge is -2.09. The van der Waals surface area contributed by atoms with Crippen LogP contribution in [-0.2, 0) is 6.42 Å². The van der Waals surface area contributed by atoms with E-state index in [0.29, 0.717) is 16.5 Å². The van der Waals surface area contributed by atoms with Gasteiger partial charge in [-0.25, -0.2) is 9.37 Å². The zero-order valence-electron chi connectivity index (χ0n) is 11.9. The Bertz CT molecular complexity index is 578. The van der Waals surface area contributed by atoms with Crippen LogP contribution in [0.15, 0.2) is 32.7 Å². The molecule has 0 fully saturated rings. The predicted octanol–water partition coefficient (Wildman–Crippen LogP) is 3.86. The molecular weight excluding hydrogens is 275 g/mol. The lowest BCUT2D eigenvalue weighted by molar-refractivity contribution is 0.430. The van der Waals surface area contributed by atoms with E-state index in [1.165, 1.54) is 11.8 Å². The van der Waals surface area contributed by atoms with Gasteiger partial charge in [0.15, 0.2) is 0 Å². The average molecular weight is 294 g/mol. The van der Waals surface area contributed by atoms with E-state index in [0.717, 1.165) is 23.4 Å². The predicted molar refractivity (Wildman–Crippen MR) is 78.5 cm³/mol. The van der Waals surface area contributed by atoms with E-state index < -0.39 is 0 Å². The van der Waals surface area contributed by atoms with Gasteiger partial charge in [0.1, 0.15) is 11.6 Å². The molecule has 0 aliphatic rings. The van der Waals surface area contributed by atoms with Gasteiger partial charge >= 0.3 is 0 Å². The zero-order valence-corrected chi connectivity index (χ0v) is 12.8. The SMILES string of the molecule is CCC(N)Cc1ccc(Sc2nc(C)c(C)o2)c(F)c1. The molecule has 2 aromatic rings. The number of hydrogen-bond donors (Lipinski definition) is 1. The van der Waals surface area contributed by atoms with Crippen molar-refractivity contribution in [2.45, 2.75) is 49.8 Å². The molecule has 1 aromatic carbocycles. The number of oxazole rings is 1. The van der Waals surface area contributed by atoms with Gasteiger partial charge in [-0.1, -0.05) is 13.0 Å².